The van der Waals surface area contributed by atoms with Gasteiger partial charge in [0.15, 0.2) is 5.54 Å². The molecular weight excluding hydrogens is 424 g/mol. The Bertz CT molecular complexity index is 1070. The molecule has 1 aliphatic rings. The quantitative estimate of drug-likeness (QED) is 0.492. The summed E-state index contributed by atoms with van der Waals surface area (Å²) in [5.41, 5.74) is 1.88. The van der Waals surface area contributed by atoms with Crippen LogP contribution in [0.3, 0.4) is 0 Å². The third-order valence-electron chi connectivity index (χ3n) is 5.61. The van der Waals surface area contributed by atoms with E-state index in [-0.39, 0.29) is 18.0 Å². The molecule has 0 amide bonds. The molecule has 9 heteroatoms. The molecule has 2 unspecified atom stereocenters. The standard InChI is InChI=1S/C23H24F4N4O/c1-21(2)23(26,27)22(3,31-20(29)13-32-21)18-10-14(4-9-19(18)25)15(11-28)12-30-17-7-5-16(24)6-8-17/h4-12,15,28H,13H2,1-3H3,(H2,29,31). The molecule has 3 N–H and O–H groups in total. The second kappa shape index (κ2) is 8.46. The Morgan fingerprint density at radius 3 is 2.41 bits per heavy atom. The molecule has 170 valence electrons. The molecular formula is C23H24F4N4O. The van der Waals surface area contributed by atoms with E-state index in [4.69, 9.17) is 15.9 Å². The first-order valence-corrected chi connectivity index (χ1v) is 9.87. The zero-order valence-corrected chi connectivity index (χ0v) is 17.9. The van der Waals surface area contributed by atoms with E-state index in [1.165, 1.54) is 56.5 Å². The Hall–Kier alpha value is -3.07. The van der Waals surface area contributed by atoms with Crippen molar-refractivity contribution in [3.8, 4) is 0 Å². The molecule has 2 aromatic rings. The number of hydrogen-bond acceptors (Lipinski definition) is 5. The number of nitrogens with zero attached hydrogens (tertiary/aromatic N) is 2. The molecule has 0 bridgehead atoms. The van der Waals surface area contributed by atoms with Gasteiger partial charge in [0.1, 0.15) is 29.7 Å². The van der Waals surface area contributed by atoms with Crippen LogP contribution in [-0.2, 0) is 10.3 Å². The maximum Gasteiger partial charge on any atom is 0.304 e. The monoisotopic (exact) mass is 448 g/mol. The van der Waals surface area contributed by atoms with Crippen molar-refractivity contribution in [1.82, 2.24) is 0 Å². The molecule has 3 rings (SSSR count). The molecule has 0 aliphatic carbocycles. The van der Waals surface area contributed by atoms with E-state index in [1.807, 2.05) is 0 Å². The summed E-state index contributed by atoms with van der Waals surface area (Å²) in [4.78, 5) is 8.17. The van der Waals surface area contributed by atoms with Crippen LogP contribution in [0.5, 0.6) is 0 Å². The van der Waals surface area contributed by atoms with Crippen LogP contribution in [0.25, 0.3) is 0 Å². The number of nitrogens with two attached hydrogens (primary N) is 1. The van der Waals surface area contributed by atoms with Crippen LogP contribution in [0.1, 0.15) is 37.8 Å². The van der Waals surface area contributed by atoms with Crippen LogP contribution < -0.4 is 5.73 Å². The summed E-state index contributed by atoms with van der Waals surface area (Å²) in [6.07, 6.45) is 2.44. The predicted octanol–water partition coefficient (Wildman–Crippen LogP) is 5.12. The smallest absolute Gasteiger partial charge is 0.304 e. The Kier molecular flexibility index (Phi) is 6.24. The molecule has 0 aromatic heterocycles. The highest BCUT2D eigenvalue weighted by atomic mass is 19.3. The summed E-state index contributed by atoms with van der Waals surface area (Å²) in [7, 11) is 0. The highest BCUT2D eigenvalue weighted by Gasteiger charge is 2.63. The van der Waals surface area contributed by atoms with Crippen molar-refractivity contribution in [2.45, 2.75) is 43.8 Å². The molecule has 0 radical (unpaired) electrons. The van der Waals surface area contributed by atoms with E-state index >= 15 is 8.78 Å². The summed E-state index contributed by atoms with van der Waals surface area (Å²) in [5, 5.41) is 7.74. The van der Waals surface area contributed by atoms with Gasteiger partial charge in [-0.05, 0) is 62.7 Å². The van der Waals surface area contributed by atoms with E-state index in [0.29, 0.717) is 11.3 Å². The Morgan fingerprint density at radius 1 is 1.12 bits per heavy atom. The van der Waals surface area contributed by atoms with Crippen molar-refractivity contribution < 1.29 is 22.3 Å². The van der Waals surface area contributed by atoms with Gasteiger partial charge in [-0.3, -0.25) is 9.98 Å². The van der Waals surface area contributed by atoms with Crippen molar-refractivity contribution in [2.75, 3.05) is 6.61 Å². The van der Waals surface area contributed by atoms with Gasteiger partial charge < -0.3 is 15.9 Å². The molecule has 0 saturated heterocycles. The van der Waals surface area contributed by atoms with Crippen molar-refractivity contribution >= 4 is 24.0 Å². The average molecular weight is 448 g/mol. The van der Waals surface area contributed by atoms with Crippen molar-refractivity contribution in [3.05, 3.63) is 65.2 Å². The number of amidine groups is 1. The zero-order valence-electron chi connectivity index (χ0n) is 17.9. The SMILES string of the molecule is CC1(C)OCC(N)=NC(C)(c2cc(C(C=N)C=Nc3ccc(F)cc3)ccc2F)C1(F)F. The average Bonchev–Trinajstić information content (AvgIpc) is 2.79. The van der Waals surface area contributed by atoms with Crippen molar-refractivity contribution in [2.24, 2.45) is 15.7 Å². The van der Waals surface area contributed by atoms with Gasteiger partial charge in [0.05, 0.1) is 11.6 Å². The second-order valence-electron chi connectivity index (χ2n) is 8.24. The molecule has 1 aliphatic heterocycles. The fourth-order valence-corrected chi connectivity index (χ4v) is 3.59. The maximum absolute atomic E-state index is 15.6. The van der Waals surface area contributed by atoms with Gasteiger partial charge in [-0.1, -0.05) is 6.07 Å². The number of hydrogen-bond donors (Lipinski definition) is 2. The van der Waals surface area contributed by atoms with Crippen molar-refractivity contribution in [1.29, 1.82) is 5.41 Å². The number of alkyl halides is 2. The minimum Gasteiger partial charge on any atom is -0.385 e. The number of benzene rings is 2. The number of rotatable bonds is 5. The highest BCUT2D eigenvalue weighted by Crippen LogP contribution is 2.50. The summed E-state index contributed by atoms with van der Waals surface area (Å²) in [6.45, 7) is 3.21. The lowest BCUT2D eigenvalue weighted by Gasteiger charge is -2.42. The first kappa shape index (κ1) is 23.6. The molecule has 0 spiro atoms. The summed E-state index contributed by atoms with van der Waals surface area (Å²) >= 11 is 0. The maximum atomic E-state index is 15.6. The van der Waals surface area contributed by atoms with Crippen LogP contribution in [-0.4, -0.2) is 36.4 Å². The second-order valence-corrected chi connectivity index (χ2v) is 8.24. The van der Waals surface area contributed by atoms with Crippen LogP contribution in [0.15, 0.2) is 52.4 Å². The van der Waals surface area contributed by atoms with Gasteiger partial charge >= 0.3 is 5.92 Å². The first-order valence-electron chi connectivity index (χ1n) is 9.87. The molecule has 1 heterocycles. The van der Waals surface area contributed by atoms with Crippen molar-refractivity contribution in [3.63, 3.8) is 0 Å². The van der Waals surface area contributed by atoms with E-state index in [2.05, 4.69) is 9.98 Å². The highest BCUT2D eigenvalue weighted by molar-refractivity contribution is 5.90. The van der Waals surface area contributed by atoms with Crippen LogP contribution in [0.2, 0.25) is 0 Å². The number of halogens is 4. The molecule has 5 nitrogen and oxygen atoms in total. The van der Waals surface area contributed by atoms with E-state index in [1.54, 1.807) is 0 Å². The first-order chi connectivity index (χ1) is 14.9. The predicted molar refractivity (Wildman–Crippen MR) is 116 cm³/mol. The summed E-state index contributed by atoms with van der Waals surface area (Å²) in [5.74, 6) is -5.84. The lowest BCUT2D eigenvalue weighted by Crippen LogP contribution is -2.56. The topological polar surface area (TPSA) is 83.8 Å². The Balaban J connectivity index is 2.08. The van der Waals surface area contributed by atoms with Gasteiger partial charge in [0.25, 0.3) is 0 Å². The largest absolute Gasteiger partial charge is 0.385 e. The fraction of sp³-hybridized carbons (Fsp3) is 0.348. The number of aliphatic imine (C=N–C) groups is 2. The van der Waals surface area contributed by atoms with Gasteiger partial charge in [-0.2, -0.15) is 0 Å². The third-order valence-corrected chi connectivity index (χ3v) is 5.61. The molecule has 0 fully saturated rings. The van der Waals surface area contributed by atoms with E-state index in [0.717, 1.165) is 19.2 Å². The molecule has 0 saturated carbocycles. The minimum atomic E-state index is -3.62. The third kappa shape index (κ3) is 4.17. The van der Waals surface area contributed by atoms with E-state index < -0.39 is 34.6 Å². The molecule has 2 atom stereocenters. The number of ether oxygens (including phenoxy) is 1. The molecule has 2 aromatic carbocycles. The normalized spacial score (nSPS) is 23.4. The van der Waals surface area contributed by atoms with Gasteiger partial charge in [-0.25, -0.2) is 17.6 Å². The fourth-order valence-electron chi connectivity index (χ4n) is 3.59. The lowest BCUT2D eigenvalue weighted by molar-refractivity contribution is -0.214. The van der Waals surface area contributed by atoms with Gasteiger partial charge in [0.2, 0.25) is 0 Å². The molecule has 32 heavy (non-hydrogen) atoms. The minimum absolute atomic E-state index is 0.177. The number of nitrogens with one attached hydrogen (secondary N) is 1. The lowest BCUT2D eigenvalue weighted by atomic mass is 9.77. The van der Waals surface area contributed by atoms with Crippen LogP contribution in [0.4, 0.5) is 23.2 Å². The zero-order chi connectivity index (χ0) is 23.7. The van der Waals surface area contributed by atoms with Crippen LogP contribution in [0, 0.1) is 17.0 Å². The van der Waals surface area contributed by atoms with Gasteiger partial charge in [0, 0.05) is 18.0 Å². The summed E-state index contributed by atoms with van der Waals surface area (Å²) < 4.78 is 64.4. The summed E-state index contributed by atoms with van der Waals surface area (Å²) in [6, 6.07) is 9.07. The Morgan fingerprint density at radius 2 is 1.78 bits per heavy atom. The van der Waals surface area contributed by atoms with Crippen LogP contribution >= 0.6 is 0 Å². The van der Waals surface area contributed by atoms with E-state index in [9.17, 15) is 8.78 Å². The Labute approximate surface area is 183 Å². The van der Waals surface area contributed by atoms with Gasteiger partial charge in [-0.15, -0.1) is 0 Å².